The molecule has 0 saturated heterocycles. The van der Waals surface area contributed by atoms with E-state index in [9.17, 15) is 4.79 Å². The van der Waals surface area contributed by atoms with E-state index < -0.39 is 0 Å². The molecule has 0 aliphatic rings. The second kappa shape index (κ2) is 10.7. The maximum absolute atomic E-state index is 12.1. The number of halogens is 1. The van der Waals surface area contributed by atoms with Gasteiger partial charge in [0.25, 0.3) is 5.91 Å². The summed E-state index contributed by atoms with van der Waals surface area (Å²) in [5.41, 5.74) is 3.11. The van der Waals surface area contributed by atoms with E-state index in [0.29, 0.717) is 27.8 Å². The predicted molar refractivity (Wildman–Crippen MR) is 124 cm³/mol. The highest BCUT2D eigenvalue weighted by Crippen LogP contribution is 2.37. The van der Waals surface area contributed by atoms with Crippen molar-refractivity contribution in [3.05, 3.63) is 65.2 Å². The molecule has 0 bridgehead atoms. The fourth-order valence-electron chi connectivity index (χ4n) is 2.89. The van der Waals surface area contributed by atoms with E-state index in [0.717, 1.165) is 17.2 Å². The zero-order valence-corrected chi connectivity index (χ0v) is 18.5. The highest BCUT2D eigenvalue weighted by atomic mass is 35.5. The molecule has 0 fully saturated rings. The second-order valence-electron chi connectivity index (χ2n) is 6.93. The molecule has 0 aliphatic carbocycles. The normalized spacial score (nSPS) is 12.0. The average Bonchev–Trinajstić information content (AvgIpc) is 2.78. The average molecular weight is 441 g/mol. The topological polar surface area (TPSA) is 69.2 Å². The first-order chi connectivity index (χ1) is 15.0. The number of hydrazone groups is 1. The molecule has 0 radical (unpaired) electrons. The third kappa shape index (κ3) is 5.89. The van der Waals surface area contributed by atoms with Crippen molar-refractivity contribution < 1.29 is 19.0 Å². The van der Waals surface area contributed by atoms with Crippen LogP contribution < -0.4 is 19.6 Å². The third-order valence-electron chi connectivity index (χ3n) is 4.66. The molecule has 1 N–H and O–H groups in total. The van der Waals surface area contributed by atoms with Crippen LogP contribution >= 0.6 is 11.6 Å². The van der Waals surface area contributed by atoms with E-state index in [1.807, 2.05) is 56.3 Å². The summed E-state index contributed by atoms with van der Waals surface area (Å²) in [5, 5.41) is 6.38. The Morgan fingerprint density at radius 2 is 1.94 bits per heavy atom. The van der Waals surface area contributed by atoms with Crippen molar-refractivity contribution in [2.45, 2.75) is 26.4 Å². The van der Waals surface area contributed by atoms with Crippen molar-refractivity contribution in [2.24, 2.45) is 5.10 Å². The molecule has 3 rings (SSSR count). The predicted octanol–water partition coefficient (Wildman–Crippen LogP) is 5.21. The zero-order valence-electron chi connectivity index (χ0n) is 17.7. The standard InChI is InChI=1S/C24H25ClN2O4/c1-4-16(2)31-24-20(25)12-17(13-22(24)29-3)14-26-27-23(28)15-30-21-11-7-9-18-8-5-6-10-19(18)21/h5-14,16H,4,15H2,1-3H3,(H,27,28)/b26-14+/t16-/m0/s1. The van der Waals surface area contributed by atoms with Crippen LogP contribution in [0, 0.1) is 0 Å². The minimum Gasteiger partial charge on any atom is -0.493 e. The van der Waals surface area contributed by atoms with Crippen molar-refractivity contribution in [2.75, 3.05) is 13.7 Å². The van der Waals surface area contributed by atoms with Crippen LogP contribution in [0.1, 0.15) is 25.8 Å². The van der Waals surface area contributed by atoms with Gasteiger partial charge in [0.2, 0.25) is 0 Å². The van der Waals surface area contributed by atoms with Gasteiger partial charge < -0.3 is 14.2 Å². The van der Waals surface area contributed by atoms with Crippen LogP contribution in [0.5, 0.6) is 17.2 Å². The molecule has 31 heavy (non-hydrogen) atoms. The number of ether oxygens (including phenoxy) is 3. The summed E-state index contributed by atoms with van der Waals surface area (Å²) >= 11 is 6.35. The summed E-state index contributed by atoms with van der Waals surface area (Å²) in [7, 11) is 1.54. The smallest absolute Gasteiger partial charge is 0.277 e. The molecule has 1 amide bonds. The lowest BCUT2D eigenvalue weighted by molar-refractivity contribution is -0.123. The molecule has 3 aromatic carbocycles. The van der Waals surface area contributed by atoms with Crippen molar-refractivity contribution in [1.29, 1.82) is 0 Å². The molecule has 0 heterocycles. The van der Waals surface area contributed by atoms with Gasteiger partial charge in [-0.05, 0) is 42.5 Å². The summed E-state index contributed by atoms with van der Waals surface area (Å²) < 4.78 is 16.9. The van der Waals surface area contributed by atoms with E-state index in [-0.39, 0.29) is 18.6 Å². The quantitative estimate of drug-likeness (QED) is 0.366. The van der Waals surface area contributed by atoms with Gasteiger partial charge in [0.05, 0.1) is 24.5 Å². The number of nitrogens with one attached hydrogen (secondary N) is 1. The van der Waals surface area contributed by atoms with Crippen LogP contribution in [-0.2, 0) is 4.79 Å². The minimum absolute atomic E-state index is 0.00643. The Balaban J connectivity index is 1.61. The molecular formula is C24H25ClN2O4. The number of hydrogen-bond acceptors (Lipinski definition) is 5. The molecule has 0 spiro atoms. The number of hydrogen-bond donors (Lipinski definition) is 1. The SMILES string of the molecule is CC[C@H](C)Oc1c(Cl)cc(/C=N/NC(=O)COc2cccc3ccccc23)cc1OC. The summed E-state index contributed by atoms with van der Waals surface area (Å²) in [6, 6.07) is 17.0. The lowest BCUT2D eigenvalue weighted by Gasteiger charge is -2.17. The molecule has 0 unspecified atom stereocenters. The summed E-state index contributed by atoms with van der Waals surface area (Å²) in [6.07, 6.45) is 2.33. The Morgan fingerprint density at radius 3 is 2.71 bits per heavy atom. The summed E-state index contributed by atoms with van der Waals surface area (Å²) in [6.45, 7) is 3.83. The first kappa shape index (κ1) is 22.4. The van der Waals surface area contributed by atoms with Gasteiger partial charge in [0.1, 0.15) is 5.75 Å². The minimum atomic E-state index is -0.376. The van der Waals surface area contributed by atoms with Crippen LogP contribution in [0.25, 0.3) is 10.8 Å². The molecule has 1 atom stereocenters. The Kier molecular flexibility index (Phi) is 7.73. The second-order valence-corrected chi connectivity index (χ2v) is 7.34. The monoisotopic (exact) mass is 440 g/mol. The number of rotatable bonds is 9. The van der Waals surface area contributed by atoms with E-state index in [4.69, 9.17) is 25.8 Å². The van der Waals surface area contributed by atoms with Gasteiger partial charge in [-0.25, -0.2) is 5.43 Å². The first-order valence-corrected chi connectivity index (χ1v) is 10.4. The largest absolute Gasteiger partial charge is 0.493 e. The van der Waals surface area contributed by atoms with Crippen LogP contribution in [0.3, 0.4) is 0 Å². The van der Waals surface area contributed by atoms with Crippen LogP contribution in [0.4, 0.5) is 0 Å². The van der Waals surface area contributed by atoms with Crippen LogP contribution in [-0.4, -0.2) is 31.9 Å². The molecule has 3 aromatic rings. The number of amides is 1. The van der Waals surface area contributed by atoms with E-state index >= 15 is 0 Å². The van der Waals surface area contributed by atoms with Gasteiger partial charge in [-0.2, -0.15) is 5.10 Å². The number of carbonyl (C=O) groups excluding carboxylic acids is 1. The Bertz CT molecular complexity index is 1080. The number of fused-ring (bicyclic) bond motifs is 1. The first-order valence-electron chi connectivity index (χ1n) is 9.98. The van der Waals surface area contributed by atoms with Gasteiger partial charge in [-0.3, -0.25) is 4.79 Å². The molecule has 0 aliphatic heterocycles. The number of benzene rings is 3. The third-order valence-corrected chi connectivity index (χ3v) is 4.94. The molecule has 6 nitrogen and oxygen atoms in total. The van der Waals surface area contributed by atoms with E-state index in [2.05, 4.69) is 10.5 Å². The van der Waals surface area contributed by atoms with Crippen molar-refractivity contribution >= 4 is 34.5 Å². The Hall–Kier alpha value is -3.25. The summed E-state index contributed by atoms with van der Waals surface area (Å²) in [4.78, 5) is 12.1. The number of carbonyl (C=O) groups is 1. The van der Waals surface area contributed by atoms with Crippen molar-refractivity contribution in [3.8, 4) is 17.2 Å². The Labute approximate surface area is 186 Å². The zero-order chi connectivity index (χ0) is 22.2. The molecule has 0 saturated carbocycles. The number of methoxy groups -OCH3 is 1. The molecule has 162 valence electrons. The van der Waals surface area contributed by atoms with Gasteiger partial charge in [-0.15, -0.1) is 0 Å². The van der Waals surface area contributed by atoms with E-state index in [1.54, 1.807) is 19.2 Å². The Morgan fingerprint density at radius 1 is 1.16 bits per heavy atom. The van der Waals surface area contributed by atoms with Crippen LogP contribution in [0.15, 0.2) is 59.7 Å². The highest BCUT2D eigenvalue weighted by molar-refractivity contribution is 6.32. The lowest BCUT2D eigenvalue weighted by Crippen LogP contribution is -2.24. The van der Waals surface area contributed by atoms with Gasteiger partial charge in [0.15, 0.2) is 18.1 Å². The molecule has 7 heteroatoms. The van der Waals surface area contributed by atoms with Gasteiger partial charge in [0, 0.05) is 5.39 Å². The molecular weight excluding hydrogens is 416 g/mol. The van der Waals surface area contributed by atoms with Gasteiger partial charge >= 0.3 is 0 Å². The maximum atomic E-state index is 12.1. The fraction of sp³-hybridized carbons (Fsp3) is 0.250. The van der Waals surface area contributed by atoms with Crippen molar-refractivity contribution in [1.82, 2.24) is 5.43 Å². The summed E-state index contributed by atoms with van der Waals surface area (Å²) in [5.74, 6) is 1.26. The van der Waals surface area contributed by atoms with Crippen LogP contribution in [0.2, 0.25) is 5.02 Å². The number of nitrogens with zero attached hydrogens (tertiary/aromatic N) is 1. The highest BCUT2D eigenvalue weighted by Gasteiger charge is 2.14. The molecule has 0 aromatic heterocycles. The lowest BCUT2D eigenvalue weighted by atomic mass is 10.1. The van der Waals surface area contributed by atoms with Gasteiger partial charge in [-0.1, -0.05) is 54.9 Å². The van der Waals surface area contributed by atoms with Crippen molar-refractivity contribution in [3.63, 3.8) is 0 Å². The van der Waals surface area contributed by atoms with E-state index in [1.165, 1.54) is 6.21 Å². The fourth-order valence-corrected chi connectivity index (χ4v) is 3.15. The maximum Gasteiger partial charge on any atom is 0.277 e.